The van der Waals surface area contributed by atoms with Gasteiger partial charge in [0.1, 0.15) is 11.8 Å². The third kappa shape index (κ3) is 4.93. The third-order valence-corrected chi connectivity index (χ3v) is 6.50. The molecule has 2 N–H and O–H groups in total. The molecule has 0 radical (unpaired) electrons. The summed E-state index contributed by atoms with van der Waals surface area (Å²) in [7, 11) is 0. The number of amides is 2. The number of ether oxygens (including phenoxy) is 1. The highest BCUT2D eigenvalue weighted by Crippen LogP contribution is 2.35. The van der Waals surface area contributed by atoms with Crippen LogP contribution >= 0.6 is 0 Å². The van der Waals surface area contributed by atoms with Crippen LogP contribution in [0.4, 0.5) is 11.6 Å². The molecule has 1 atom stereocenters. The zero-order valence-corrected chi connectivity index (χ0v) is 20.4. The fraction of sp³-hybridized carbons (Fsp3) is 0.346. The van der Waals surface area contributed by atoms with E-state index in [2.05, 4.69) is 26.2 Å². The average molecular weight is 488 g/mol. The van der Waals surface area contributed by atoms with Gasteiger partial charge in [-0.05, 0) is 78.9 Å². The Morgan fingerprint density at radius 3 is 2.61 bits per heavy atom. The summed E-state index contributed by atoms with van der Waals surface area (Å²) in [5, 5.41) is 18.1. The number of allylic oxidation sites excluding steroid dienone is 1. The van der Waals surface area contributed by atoms with Crippen LogP contribution in [-0.2, 0) is 9.59 Å². The van der Waals surface area contributed by atoms with Gasteiger partial charge in [0, 0.05) is 24.5 Å². The van der Waals surface area contributed by atoms with Crippen LogP contribution in [0.25, 0.3) is 0 Å². The van der Waals surface area contributed by atoms with Crippen molar-refractivity contribution < 1.29 is 14.3 Å². The van der Waals surface area contributed by atoms with Gasteiger partial charge in [0.2, 0.25) is 5.95 Å². The summed E-state index contributed by atoms with van der Waals surface area (Å²) in [6.45, 7) is 5.41. The smallest absolute Gasteiger partial charge is 0.260 e. The number of likely N-dealkylation sites (tertiary alicyclic amines) is 1. The fourth-order valence-electron chi connectivity index (χ4n) is 4.66. The Kier molecular flexibility index (Phi) is 6.66. The molecule has 3 heterocycles. The van der Waals surface area contributed by atoms with Crippen molar-refractivity contribution in [1.82, 2.24) is 25.1 Å². The lowest BCUT2D eigenvalue weighted by atomic mass is 9.95. The Balaban J connectivity index is 1.35. The molecule has 0 spiro atoms. The molecule has 10 nitrogen and oxygen atoms in total. The van der Waals surface area contributed by atoms with E-state index in [-0.39, 0.29) is 18.4 Å². The summed E-state index contributed by atoms with van der Waals surface area (Å²) >= 11 is 0. The molecule has 1 aromatic heterocycles. The highest BCUT2D eigenvalue weighted by atomic mass is 16.5. The van der Waals surface area contributed by atoms with Crippen molar-refractivity contribution in [3.8, 4) is 5.75 Å². The van der Waals surface area contributed by atoms with Crippen molar-refractivity contribution in [3.05, 3.63) is 70.9 Å². The molecule has 36 heavy (non-hydrogen) atoms. The van der Waals surface area contributed by atoms with Crippen molar-refractivity contribution in [1.29, 1.82) is 0 Å². The first-order valence-electron chi connectivity index (χ1n) is 12.1. The monoisotopic (exact) mass is 487 g/mol. The number of benzene rings is 2. The number of nitrogens with zero attached hydrogens (tertiary/aromatic N) is 5. The molecule has 2 aliphatic rings. The van der Waals surface area contributed by atoms with E-state index in [1.807, 2.05) is 55.1 Å². The lowest BCUT2D eigenvalue weighted by molar-refractivity contribution is -0.134. The van der Waals surface area contributed by atoms with Crippen LogP contribution in [0.2, 0.25) is 0 Å². The Bertz CT molecular complexity index is 1290. The van der Waals surface area contributed by atoms with Crippen LogP contribution in [0, 0.1) is 6.92 Å². The summed E-state index contributed by atoms with van der Waals surface area (Å²) < 4.78 is 7.35. The first kappa shape index (κ1) is 23.5. The molecular weight excluding hydrogens is 458 g/mol. The quantitative estimate of drug-likeness (QED) is 0.548. The highest BCUT2D eigenvalue weighted by Gasteiger charge is 2.34. The number of anilines is 2. The second kappa shape index (κ2) is 10.2. The summed E-state index contributed by atoms with van der Waals surface area (Å²) in [4.78, 5) is 27.7. The lowest BCUT2D eigenvalue weighted by Gasteiger charge is -2.28. The Morgan fingerprint density at radius 2 is 1.86 bits per heavy atom. The van der Waals surface area contributed by atoms with Gasteiger partial charge in [-0.15, -0.1) is 0 Å². The molecule has 1 fully saturated rings. The van der Waals surface area contributed by atoms with Gasteiger partial charge < -0.3 is 20.3 Å². The largest absolute Gasteiger partial charge is 0.484 e. The number of tetrazole rings is 1. The minimum atomic E-state index is -0.537. The van der Waals surface area contributed by atoms with Gasteiger partial charge in [-0.1, -0.05) is 29.4 Å². The predicted octanol–water partition coefficient (Wildman–Crippen LogP) is 3.30. The molecular formula is C26H29N7O3. The number of piperidine rings is 1. The van der Waals surface area contributed by atoms with Crippen LogP contribution in [-0.4, -0.2) is 56.6 Å². The Labute approximate surface area is 209 Å². The molecule has 5 rings (SSSR count). The maximum absolute atomic E-state index is 13.4. The number of rotatable bonds is 6. The number of carbonyl (C=O) groups excluding carboxylic acids is 2. The van der Waals surface area contributed by atoms with Gasteiger partial charge in [-0.25, -0.2) is 0 Å². The van der Waals surface area contributed by atoms with E-state index in [0.717, 1.165) is 37.1 Å². The van der Waals surface area contributed by atoms with Gasteiger partial charge in [0.25, 0.3) is 11.8 Å². The molecule has 1 unspecified atom stereocenters. The Morgan fingerprint density at radius 1 is 1.08 bits per heavy atom. The second-order valence-electron chi connectivity index (χ2n) is 9.14. The minimum absolute atomic E-state index is 0.00382. The van der Waals surface area contributed by atoms with E-state index in [9.17, 15) is 9.59 Å². The maximum Gasteiger partial charge on any atom is 0.260 e. The van der Waals surface area contributed by atoms with Crippen molar-refractivity contribution in [3.63, 3.8) is 0 Å². The zero-order valence-electron chi connectivity index (χ0n) is 20.4. The molecule has 3 aromatic rings. The standard InChI is InChI=1S/C26H29N7O3/c1-17-7-6-8-20(15-17)28-25(35)23-18(2)27-26-29-30-31-33(26)24(23)19-9-11-21(12-10-19)36-16-22(34)32-13-4-3-5-14-32/h6-12,15,24H,3-5,13-14,16H2,1-2H3,(H,28,35)(H,27,29,31). The van der Waals surface area contributed by atoms with Crippen LogP contribution in [0.5, 0.6) is 5.75 Å². The molecule has 2 aromatic carbocycles. The summed E-state index contributed by atoms with van der Waals surface area (Å²) in [5.41, 5.74) is 3.75. The normalized spacial score (nSPS) is 17.3. The molecule has 2 amide bonds. The number of aromatic nitrogens is 4. The van der Waals surface area contributed by atoms with Gasteiger partial charge in [-0.3, -0.25) is 9.59 Å². The lowest BCUT2D eigenvalue weighted by Crippen LogP contribution is -2.38. The number of carbonyl (C=O) groups is 2. The average Bonchev–Trinajstić information content (AvgIpc) is 3.35. The zero-order chi connectivity index (χ0) is 25.1. The molecule has 0 bridgehead atoms. The number of hydrogen-bond donors (Lipinski definition) is 2. The highest BCUT2D eigenvalue weighted by molar-refractivity contribution is 6.06. The first-order valence-corrected chi connectivity index (χ1v) is 12.1. The predicted molar refractivity (Wildman–Crippen MR) is 134 cm³/mol. The van der Waals surface area contributed by atoms with E-state index >= 15 is 0 Å². The third-order valence-electron chi connectivity index (χ3n) is 6.50. The van der Waals surface area contributed by atoms with Crippen LogP contribution in [0.15, 0.2) is 59.8 Å². The molecule has 0 saturated carbocycles. The summed E-state index contributed by atoms with van der Waals surface area (Å²) in [6.07, 6.45) is 3.26. The first-order chi connectivity index (χ1) is 17.5. The van der Waals surface area contributed by atoms with Gasteiger partial charge >= 0.3 is 0 Å². The summed E-state index contributed by atoms with van der Waals surface area (Å²) in [6, 6.07) is 14.5. The molecule has 10 heteroatoms. The van der Waals surface area contributed by atoms with Crippen molar-refractivity contribution in [2.24, 2.45) is 0 Å². The van der Waals surface area contributed by atoms with Crippen LogP contribution in [0.3, 0.4) is 0 Å². The van der Waals surface area contributed by atoms with Crippen molar-refractivity contribution in [2.45, 2.75) is 39.2 Å². The van der Waals surface area contributed by atoms with Crippen molar-refractivity contribution in [2.75, 3.05) is 30.3 Å². The summed E-state index contributed by atoms with van der Waals surface area (Å²) in [5.74, 6) is 0.798. The second-order valence-corrected chi connectivity index (χ2v) is 9.14. The van der Waals surface area contributed by atoms with E-state index in [1.54, 1.807) is 16.8 Å². The van der Waals surface area contributed by atoms with Crippen LogP contribution < -0.4 is 15.4 Å². The minimum Gasteiger partial charge on any atom is -0.484 e. The topological polar surface area (TPSA) is 114 Å². The van der Waals surface area contributed by atoms with Gasteiger partial charge in [-0.2, -0.15) is 4.68 Å². The van der Waals surface area contributed by atoms with E-state index in [0.29, 0.717) is 28.7 Å². The number of nitrogens with one attached hydrogen (secondary N) is 2. The van der Waals surface area contributed by atoms with E-state index in [4.69, 9.17) is 4.74 Å². The molecule has 186 valence electrons. The number of fused-ring (bicyclic) bond motifs is 1. The SMILES string of the molecule is CC1=C(C(=O)Nc2cccc(C)c2)C(c2ccc(OCC(=O)N3CCCCC3)cc2)n2nnnc2N1. The number of hydrogen-bond acceptors (Lipinski definition) is 7. The Hall–Kier alpha value is -4.21. The van der Waals surface area contributed by atoms with Crippen LogP contribution in [0.1, 0.15) is 43.4 Å². The fourth-order valence-corrected chi connectivity index (χ4v) is 4.66. The number of aryl methyl sites for hydroxylation is 1. The molecule has 0 aliphatic carbocycles. The van der Waals surface area contributed by atoms with Crippen molar-refractivity contribution >= 4 is 23.5 Å². The van der Waals surface area contributed by atoms with E-state index < -0.39 is 6.04 Å². The maximum atomic E-state index is 13.4. The molecule has 2 aliphatic heterocycles. The van der Waals surface area contributed by atoms with Gasteiger partial charge in [0.05, 0.1) is 5.57 Å². The van der Waals surface area contributed by atoms with E-state index in [1.165, 1.54) is 6.42 Å². The van der Waals surface area contributed by atoms with Gasteiger partial charge in [0.15, 0.2) is 6.61 Å². The molecule has 1 saturated heterocycles.